The summed E-state index contributed by atoms with van der Waals surface area (Å²) in [5.74, 6) is 0.139. The second-order valence-corrected chi connectivity index (χ2v) is 5.36. The molecule has 0 bridgehead atoms. The highest BCUT2D eigenvalue weighted by Gasteiger charge is 2.23. The number of hydrogen-bond acceptors (Lipinski definition) is 4. The molecule has 1 fully saturated rings. The molecule has 1 unspecified atom stereocenters. The van der Waals surface area contributed by atoms with Crippen molar-refractivity contribution in [1.29, 1.82) is 0 Å². The lowest BCUT2D eigenvalue weighted by Gasteiger charge is -2.30. The summed E-state index contributed by atoms with van der Waals surface area (Å²) in [6.45, 7) is 1.01. The van der Waals surface area contributed by atoms with Crippen molar-refractivity contribution in [2.45, 2.75) is 25.4 Å². The molecule has 1 amide bonds. The largest absolute Gasteiger partial charge is 0.344 e. The zero-order chi connectivity index (χ0) is 14.7. The van der Waals surface area contributed by atoms with E-state index < -0.39 is 4.92 Å². The maximum absolute atomic E-state index is 11.4. The molecule has 0 radical (unpaired) electrons. The first-order valence-electron chi connectivity index (χ1n) is 6.37. The molecule has 1 saturated heterocycles. The molecule has 0 spiro atoms. The minimum absolute atomic E-state index is 0.0187. The van der Waals surface area contributed by atoms with Gasteiger partial charge in [-0.25, -0.2) is 0 Å². The first kappa shape index (κ1) is 14.7. The molecule has 20 heavy (non-hydrogen) atoms. The Morgan fingerprint density at radius 1 is 1.55 bits per heavy atom. The highest BCUT2D eigenvalue weighted by atomic mass is 35.5. The zero-order valence-corrected chi connectivity index (χ0v) is 11.9. The van der Waals surface area contributed by atoms with Crippen molar-refractivity contribution in [1.82, 2.24) is 10.2 Å². The van der Waals surface area contributed by atoms with E-state index in [-0.39, 0.29) is 17.6 Å². The summed E-state index contributed by atoms with van der Waals surface area (Å²) in [6.07, 6.45) is 1.27. The van der Waals surface area contributed by atoms with Crippen LogP contribution < -0.4 is 5.32 Å². The summed E-state index contributed by atoms with van der Waals surface area (Å²) >= 11 is 5.78. The maximum Gasteiger partial charge on any atom is 0.275 e. The fourth-order valence-electron chi connectivity index (χ4n) is 2.29. The van der Waals surface area contributed by atoms with Crippen molar-refractivity contribution >= 4 is 23.2 Å². The number of carbonyl (C=O) groups excluding carboxylic acids is 1. The Morgan fingerprint density at radius 2 is 2.30 bits per heavy atom. The van der Waals surface area contributed by atoms with Gasteiger partial charge in [-0.2, -0.15) is 0 Å². The Kier molecular flexibility index (Phi) is 4.57. The number of piperidine rings is 1. The molecular formula is C13H16ClN3O3. The number of benzene rings is 1. The van der Waals surface area contributed by atoms with E-state index in [0.717, 1.165) is 6.42 Å². The standard InChI is InChI=1S/C13H16ClN3O3/c1-16-8-11(4-5-13(16)18)15-7-9-2-3-10(14)6-12(9)17(19)20/h2-3,6,11,15H,4-5,7-8H2,1H3. The van der Waals surface area contributed by atoms with Crippen molar-refractivity contribution < 1.29 is 9.72 Å². The van der Waals surface area contributed by atoms with E-state index in [1.54, 1.807) is 24.1 Å². The first-order valence-corrected chi connectivity index (χ1v) is 6.75. The predicted octanol–water partition coefficient (Wildman–Crippen LogP) is 1.96. The van der Waals surface area contributed by atoms with Gasteiger partial charge in [-0.1, -0.05) is 11.6 Å². The van der Waals surface area contributed by atoms with Gasteiger partial charge in [-0.05, 0) is 18.6 Å². The molecule has 0 aliphatic carbocycles. The Labute approximate surface area is 121 Å². The first-order chi connectivity index (χ1) is 9.47. The number of nitrogens with one attached hydrogen (secondary N) is 1. The monoisotopic (exact) mass is 297 g/mol. The Balaban J connectivity index is 2.01. The molecule has 0 saturated carbocycles. The topological polar surface area (TPSA) is 75.5 Å². The molecule has 7 heteroatoms. The lowest BCUT2D eigenvalue weighted by atomic mass is 10.0. The van der Waals surface area contributed by atoms with Gasteiger partial charge in [0.05, 0.1) is 4.92 Å². The smallest absolute Gasteiger partial charge is 0.275 e. The van der Waals surface area contributed by atoms with Gasteiger partial charge < -0.3 is 10.2 Å². The van der Waals surface area contributed by atoms with Gasteiger partial charge in [0, 0.05) is 49.3 Å². The third-order valence-corrected chi connectivity index (χ3v) is 3.69. The normalized spacial score (nSPS) is 19.2. The second kappa shape index (κ2) is 6.19. The van der Waals surface area contributed by atoms with Crippen LogP contribution >= 0.6 is 11.6 Å². The minimum atomic E-state index is -0.431. The van der Waals surface area contributed by atoms with Gasteiger partial charge in [0.2, 0.25) is 5.91 Å². The predicted molar refractivity (Wildman–Crippen MR) is 75.6 cm³/mol. The SMILES string of the molecule is CN1CC(NCc2ccc(Cl)cc2[N+](=O)[O-])CCC1=O. The summed E-state index contributed by atoms with van der Waals surface area (Å²) in [5.41, 5.74) is 0.615. The quantitative estimate of drug-likeness (QED) is 0.681. The highest BCUT2D eigenvalue weighted by Crippen LogP contribution is 2.23. The number of nitro groups is 1. The molecule has 2 rings (SSSR count). The Morgan fingerprint density at radius 3 is 2.95 bits per heavy atom. The summed E-state index contributed by atoms with van der Waals surface area (Å²) in [6, 6.07) is 4.82. The van der Waals surface area contributed by atoms with E-state index in [9.17, 15) is 14.9 Å². The molecule has 1 aromatic carbocycles. The van der Waals surface area contributed by atoms with E-state index in [1.807, 2.05) is 0 Å². The van der Waals surface area contributed by atoms with Gasteiger partial charge in [0.15, 0.2) is 0 Å². The third-order valence-electron chi connectivity index (χ3n) is 3.45. The molecule has 6 nitrogen and oxygen atoms in total. The number of amides is 1. The van der Waals surface area contributed by atoms with Gasteiger partial charge in [0.25, 0.3) is 5.69 Å². The van der Waals surface area contributed by atoms with E-state index in [1.165, 1.54) is 6.07 Å². The Bertz CT molecular complexity index is 536. The van der Waals surface area contributed by atoms with Crippen molar-refractivity contribution in [3.8, 4) is 0 Å². The van der Waals surface area contributed by atoms with Gasteiger partial charge in [-0.15, -0.1) is 0 Å². The van der Waals surface area contributed by atoms with Gasteiger partial charge in [0.1, 0.15) is 0 Å². The third kappa shape index (κ3) is 3.46. The molecule has 0 aromatic heterocycles. The van der Waals surface area contributed by atoms with Crippen LogP contribution in [0.25, 0.3) is 0 Å². The van der Waals surface area contributed by atoms with Gasteiger partial charge >= 0.3 is 0 Å². The van der Waals surface area contributed by atoms with Gasteiger partial charge in [-0.3, -0.25) is 14.9 Å². The molecule has 1 aromatic rings. The minimum Gasteiger partial charge on any atom is -0.344 e. The summed E-state index contributed by atoms with van der Waals surface area (Å²) in [7, 11) is 1.76. The molecule has 1 atom stereocenters. The summed E-state index contributed by atoms with van der Waals surface area (Å²) < 4.78 is 0. The number of rotatable bonds is 4. The second-order valence-electron chi connectivity index (χ2n) is 4.92. The molecule has 1 N–H and O–H groups in total. The van der Waals surface area contributed by atoms with Crippen LogP contribution in [0.2, 0.25) is 5.02 Å². The molecule has 1 heterocycles. The fourth-order valence-corrected chi connectivity index (χ4v) is 2.46. The fraction of sp³-hybridized carbons (Fsp3) is 0.462. The molecule has 1 aliphatic rings. The number of carbonyl (C=O) groups is 1. The van der Waals surface area contributed by atoms with Crippen LogP contribution in [0.5, 0.6) is 0 Å². The lowest BCUT2D eigenvalue weighted by Crippen LogP contribution is -2.46. The number of nitro benzene ring substituents is 1. The van der Waals surface area contributed by atoms with Crippen molar-refractivity contribution in [2.24, 2.45) is 0 Å². The van der Waals surface area contributed by atoms with E-state index >= 15 is 0 Å². The number of hydrogen-bond donors (Lipinski definition) is 1. The van der Waals surface area contributed by atoms with Crippen LogP contribution in [0, 0.1) is 10.1 Å². The van der Waals surface area contributed by atoms with Crippen LogP contribution in [-0.2, 0) is 11.3 Å². The molecule has 1 aliphatic heterocycles. The maximum atomic E-state index is 11.4. The lowest BCUT2D eigenvalue weighted by molar-refractivity contribution is -0.385. The number of likely N-dealkylation sites (tertiary alicyclic amines) is 1. The Hall–Kier alpha value is -1.66. The van der Waals surface area contributed by atoms with Crippen molar-refractivity contribution in [3.05, 3.63) is 38.9 Å². The van der Waals surface area contributed by atoms with E-state index in [2.05, 4.69) is 5.32 Å². The average Bonchev–Trinajstić information content (AvgIpc) is 2.41. The highest BCUT2D eigenvalue weighted by molar-refractivity contribution is 6.30. The average molecular weight is 298 g/mol. The number of likely N-dealkylation sites (N-methyl/N-ethyl adjacent to an activating group) is 1. The van der Waals surface area contributed by atoms with E-state index in [0.29, 0.717) is 30.1 Å². The molecule has 108 valence electrons. The number of nitrogens with zero attached hydrogens (tertiary/aromatic N) is 2. The van der Waals surface area contributed by atoms with Crippen LogP contribution in [0.4, 0.5) is 5.69 Å². The van der Waals surface area contributed by atoms with Crippen LogP contribution in [0.1, 0.15) is 18.4 Å². The number of halogens is 1. The summed E-state index contributed by atoms with van der Waals surface area (Å²) in [4.78, 5) is 23.6. The summed E-state index contributed by atoms with van der Waals surface area (Å²) in [5, 5.41) is 14.6. The van der Waals surface area contributed by atoms with Crippen LogP contribution in [-0.4, -0.2) is 35.4 Å². The van der Waals surface area contributed by atoms with Crippen molar-refractivity contribution in [3.63, 3.8) is 0 Å². The molecular weight excluding hydrogens is 282 g/mol. The van der Waals surface area contributed by atoms with Crippen LogP contribution in [0.3, 0.4) is 0 Å². The van der Waals surface area contributed by atoms with Crippen molar-refractivity contribution in [2.75, 3.05) is 13.6 Å². The van der Waals surface area contributed by atoms with Crippen LogP contribution in [0.15, 0.2) is 18.2 Å². The zero-order valence-electron chi connectivity index (χ0n) is 11.1. The van der Waals surface area contributed by atoms with E-state index in [4.69, 9.17) is 11.6 Å².